The first-order chi connectivity index (χ1) is 8.16. The van der Waals surface area contributed by atoms with Gasteiger partial charge in [0.1, 0.15) is 6.61 Å². The summed E-state index contributed by atoms with van der Waals surface area (Å²) in [6, 6.07) is 0. The second-order valence-corrected chi connectivity index (χ2v) is 4.52. The lowest BCUT2D eigenvalue weighted by molar-refractivity contribution is -0.165. The van der Waals surface area contributed by atoms with E-state index in [1.165, 1.54) is 0 Å². The Morgan fingerprint density at radius 2 is 2.35 bits per heavy atom. The molecule has 2 aliphatic rings. The van der Waals surface area contributed by atoms with Gasteiger partial charge in [-0.05, 0) is 18.8 Å². The maximum absolute atomic E-state index is 11.6. The molecule has 2 rings (SSSR count). The van der Waals surface area contributed by atoms with Gasteiger partial charge in [0, 0.05) is 13.2 Å². The van der Waals surface area contributed by atoms with Gasteiger partial charge in [0.15, 0.2) is 6.10 Å². The van der Waals surface area contributed by atoms with Crippen molar-refractivity contribution in [3.63, 3.8) is 0 Å². The van der Waals surface area contributed by atoms with Gasteiger partial charge >= 0.3 is 5.97 Å². The summed E-state index contributed by atoms with van der Waals surface area (Å²) >= 11 is 0. The zero-order chi connectivity index (χ0) is 12.3. The maximum Gasteiger partial charge on any atom is 0.334 e. The standard InChI is InChI=1S/C11H17NO5/c13-10-7-17-9(11(14)15)5-12(10)4-8-2-1-3-16-6-8/h8-9H,1-7H2,(H,14,15). The molecule has 2 unspecified atom stereocenters. The van der Waals surface area contributed by atoms with Crippen LogP contribution in [0.2, 0.25) is 0 Å². The van der Waals surface area contributed by atoms with E-state index in [0.717, 1.165) is 19.4 Å². The number of aliphatic carboxylic acids is 1. The van der Waals surface area contributed by atoms with Crippen molar-refractivity contribution in [2.24, 2.45) is 5.92 Å². The highest BCUT2D eigenvalue weighted by atomic mass is 16.5. The Labute approximate surface area is 99.5 Å². The zero-order valence-electron chi connectivity index (χ0n) is 9.63. The van der Waals surface area contributed by atoms with Crippen LogP contribution in [0.25, 0.3) is 0 Å². The smallest absolute Gasteiger partial charge is 0.334 e. The molecule has 0 bridgehead atoms. The molecule has 96 valence electrons. The number of ether oxygens (including phenoxy) is 2. The van der Waals surface area contributed by atoms with Crippen LogP contribution in [0.15, 0.2) is 0 Å². The second-order valence-electron chi connectivity index (χ2n) is 4.52. The topological polar surface area (TPSA) is 76.1 Å². The Hall–Kier alpha value is -1.14. The number of carboxylic acids is 1. The number of carboxylic acid groups (broad SMARTS) is 1. The summed E-state index contributed by atoms with van der Waals surface area (Å²) < 4.78 is 10.3. The molecule has 1 amide bonds. The normalized spacial score (nSPS) is 30.4. The van der Waals surface area contributed by atoms with E-state index in [4.69, 9.17) is 14.6 Å². The van der Waals surface area contributed by atoms with Gasteiger partial charge in [0.2, 0.25) is 5.91 Å². The van der Waals surface area contributed by atoms with Crippen LogP contribution in [-0.2, 0) is 19.1 Å². The molecule has 1 N–H and O–H groups in total. The van der Waals surface area contributed by atoms with Crippen molar-refractivity contribution >= 4 is 11.9 Å². The lowest BCUT2D eigenvalue weighted by Gasteiger charge is -2.34. The van der Waals surface area contributed by atoms with Gasteiger partial charge in [0.05, 0.1) is 13.2 Å². The van der Waals surface area contributed by atoms with Crippen molar-refractivity contribution in [2.75, 3.05) is 32.9 Å². The fourth-order valence-corrected chi connectivity index (χ4v) is 2.21. The quantitative estimate of drug-likeness (QED) is 0.738. The fourth-order valence-electron chi connectivity index (χ4n) is 2.21. The number of rotatable bonds is 3. The Kier molecular flexibility index (Phi) is 3.96. The van der Waals surface area contributed by atoms with E-state index in [0.29, 0.717) is 19.1 Å². The predicted molar refractivity (Wildman–Crippen MR) is 57.5 cm³/mol. The molecule has 0 aromatic rings. The molecule has 0 aromatic heterocycles. The van der Waals surface area contributed by atoms with Crippen molar-refractivity contribution in [3.8, 4) is 0 Å². The minimum atomic E-state index is -1.01. The molecule has 17 heavy (non-hydrogen) atoms. The summed E-state index contributed by atoms with van der Waals surface area (Å²) in [5.41, 5.74) is 0. The average molecular weight is 243 g/mol. The molecule has 0 radical (unpaired) electrons. The number of hydrogen-bond donors (Lipinski definition) is 1. The molecule has 0 aromatic carbocycles. The third-order valence-corrected chi connectivity index (χ3v) is 3.16. The zero-order valence-corrected chi connectivity index (χ0v) is 9.63. The average Bonchev–Trinajstić information content (AvgIpc) is 2.33. The summed E-state index contributed by atoms with van der Waals surface area (Å²) in [6.07, 6.45) is 1.14. The first kappa shape index (κ1) is 12.3. The third kappa shape index (κ3) is 3.17. The van der Waals surface area contributed by atoms with Crippen LogP contribution in [0, 0.1) is 5.92 Å². The molecule has 2 fully saturated rings. The van der Waals surface area contributed by atoms with Gasteiger partial charge in [-0.25, -0.2) is 4.79 Å². The fraction of sp³-hybridized carbons (Fsp3) is 0.818. The lowest BCUT2D eigenvalue weighted by atomic mass is 10.0. The van der Waals surface area contributed by atoms with Crippen LogP contribution in [0.4, 0.5) is 0 Å². The molecular weight excluding hydrogens is 226 g/mol. The van der Waals surface area contributed by atoms with E-state index in [9.17, 15) is 9.59 Å². The minimum absolute atomic E-state index is 0.131. The number of hydrogen-bond acceptors (Lipinski definition) is 4. The third-order valence-electron chi connectivity index (χ3n) is 3.16. The van der Waals surface area contributed by atoms with Gasteiger partial charge in [-0.3, -0.25) is 4.79 Å². The highest BCUT2D eigenvalue weighted by molar-refractivity contribution is 5.81. The van der Waals surface area contributed by atoms with Crippen LogP contribution in [0.1, 0.15) is 12.8 Å². The van der Waals surface area contributed by atoms with Crippen molar-refractivity contribution in [3.05, 3.63) is 0 Å². The van der Waals surface area contributed by atoms with Crippen LogP contribution >= 0.6 is 0 Å². The van der Waals surface area contributed by atoms with Crippen LogP contribution in [0.3, 0.4) is 0 Å². The van der Waals surface area contributed by atoms with E-state index >= 15 is 0 Å². The van der Waals surface area contributed by atoms with Gasteiger partial charge in [-0.2, -0.15) is 0 Å². The van der Waals surface area contributed by atoms with Crippen LogP contribution in [0.5, 0.6) is 0 Å². The molecule has 6 nitrogen and oxygen atoms in total. The number of carbonyl (C=O) groups excluding carboxylic acids is 1. The summed E-state index contributed by atoms with van der Waals surface area (Å²) in [5, 5.41) is 8.86. The van der Waals surface area contributed by atoms with E-state index < -0.39 is 12.1 Å². The summed E-state index contributed by atoms with van der Waals surface area (Å²) in [6.45, 7) is 2.02. The maximum atomic E-state index is 11.6. The molecule has 6 heteroatoms. The highest BCUT2D eigenvalue weighted by Crippen LogP contribution is 2.17. The van der Waals surface area contributed by atoms with E-state index in [-0.39, 0.29) is 19.1 Å². The summed E-state index contributed by atoms with van der Waals surface area (Å²) in [4.78, 5) is 24.0. The Bertz CT molecular complexity index is 300. The minimum Gasteiger partial charge on any atom is -0.479 e. The predicted octanol–water partition coefficient (Wildman–Crippen LogP) is -0.275. The Morgan fingerprint density at radius 1 is 1.53 bits per heavy atom. The van der Waals surface area contributed by atoms with Gasteiger partial charge in [0.25, 0.3) is 0 Å². The van der Waals surface area contributed by atoms with Crippen molar-refractivity contribution in [1.29, 1.82) is 0 Å². The molecule has 2 heterocycles. The van der Waals surface area contributed by atoms with Crippen molar-refractivity contribution in [2.45, 2.75) is 18.9 Å². The molecule has 2 atom stereocenters. The lowest BCUT2D eigenvalue weighted by Crippen LogP contribution is -2.51. The highest BCUT2D eigenvalue weighted by Gasteiger charge is 2.32. The van der Waals surface area contributed by atoms with Gasteiger partial charge in [-0.15, -0.1) is 0 Å². The Balaban J connectivity index is 1.88. The number of morpholine rings is 1. The molecule has 0 spiro atoms. The van der Waals surface area contributed by atoms with Crippen LogP contribution < -0.4 is 0 Å². The van der Waals surface area contributed by atoms with Crippen LogP contribution in [-0.4, -0.2) is 60.9 Å². The van der Waals surface area contributed by atoms with Gasteiger partial charge < -0.3 is 19.5 Å². The first-order valence-corrected chi connectivity index (χ1v) is 5.86. The first-order valence-electron chi connectivity index (χ1n) is 5.86. The monoisotopic (exact) mass is 243 g/mol. The van der Waals surface area contributed by atoms with E-state index in [1.807, 2.05) is 0 Å². The second kappa shape index (κ2) is 5.46. The van der Waals surface area contributed by atoms with E-state index in [1.54, 1.807) is 4.90 Å². The Morgan fingerprint density at radius 3 is 3.00 bits per heavy atom. The van der Waals surface area contributed by atoms with Crippen molar-refractivity contribution < 1.29 is 24.2 Å². The van der Waals surface area contributed by atoms with Gasteiger partial charge in [-0.1, -0.05) is 0 Å². The molecule has 0 aliphatic carbocycles. The van der Waals surface area contributed by atoms with Crippen molar-refractivity contribution in [1.82, 2.24) is 4.90 Å². The summed E-state index contributed by atoms with van der Waals surface area (Å²) in [5.74, 6) is -0.823. The molecule has 2 aliphatic heterocycles. The number of carbonyl (C=O) groups is 2. The van der Waals surface area contributed by atoms with E-state index in [2.05, 4.69) is 0 Å². The number of nitrogens with zero attached hydrogens (tertiary/aromatic N) is 1. The molecule has 0 saturated carbocycles. The largest absolute Gasteiger partial charge is 0.479 e. The SMILES string of the molecule is O=C(O)C1CN(CC2CCCOC2)C(=O)CO1. The number of amides is 1. The molecular formula is C11H17NO5. The summed E-state index contributed by atoms with van der Waals surface area (Å²) in [7, 11) is 0. The molecule has 2 saturated heterocycles.